The van der Waals surface area contributed by atoms with Crippen LogP contribution < -0.4 is 5.11 Å². The highest BCUT2D eigenvalue weighted by Gasteiger charge is 2.41. The van der Waals surface area contributed by atoms with E-state index in [9.17, 15) is 9.90 Å². The maximum atomic E-state index is 10.5. The highest BCUT2D eigenvalue weighted by molar-refractivity contribution is 5.74. The van der Waals surface area contributed by atoms with Crippen molar-refractivity contribution in [2.75, 3.05) is 0 Å². The van der Waals surface area contributed by atoms with Gasteiger partial charge in [-0.05, 0) is 24.1 Å². The first-order valence-electron chi connectivity index (χ1n) is 4.50. The van der Waals surface area contributed by atoms with Crippen molar-refractivity contribution in [2.24, 2.45) is 0 Å². The number of carboxylic acid groups (broad SMARTS) is 1. The fraction of sp³-hybridized carbons (Fsp3) is 0.273. The largest absolute Gasteiger partial charge is 0.547 e. The fourth-order valence-electron chi connectivity index (χ4n) is 1.53. The third-order valence-corrected chi connectivity index (χ3v) is 2.42. The van der Waals surface area contributed by atoms with E-state index in [2.05, 4.69) is 0 Å². The maximum Gasteiger partial charge on any atom is 0.128 e. The van der Waals surface area contributed by atoms with Crippen LogP contribution in [0.25, 0.3) is 0 Å². The van der Waals surface area contributed by atoms with Crippen LogP contribution >= 0.6 is 0 Å². The minimum Gasteiger partial charge on any atom is -0.547 e. The molecule has 0 radical (unpaired) electrons. The molecular formula is C11H8NO3-. The topological polar surface area (TPSA) is 76.4 Å². The van der Waals surface area contributed by atoms with Crippen LogP contribution in [0.5, 0.6) is 0 Å². The molecule has 1 aliphatic rings. The van der Waals surface area contributed by atoms with E-state index in [0.29, 0.717) is 5.56 Å². The molecule has 1 aromatic carbocycles. The zero-order valence-electron chi connectivity index (χ0n) is 8.06. The van der Waals surface area contributed by atoms with Crippen LogP contribution in [-0.4, -0.2) is 12.1 Å². The van der Waals surface area contributed by atoms with Gasteiger partial charge < -0.3 is 14.6 Å². The summed E-state index contributed by atoms with van der Waals surface area (Å²) < 4.78 is 4.95. The smallest absolute Gasteiger partial charge is 0.128 e. The third kappa shape index (κ3) is 1.69. The number of benzene rings is 1. The van der Waals surface area contributed by atoms with Crippen LogP contribution in [-0.2, 0) is 9.53 Å². The Bertz CT molecular complexity index is 461. The number of carboxylic acids is 1. The molecule has 0 aliphatic carbocycles. The lowest BCUT2D eigenvalue weighted by Gasteiger charge is -2.00. The molecule has 2 unspecified atom stereocenters. The van der Waals surface area contributed by atoms with E-state index in [1.54, 1.807) is 25.1 Å². The minimum atomic E-state index is -1.19. The Kier molecular flexibility index (Phi) is 2.18. The van der Waals surface area contributed by atoms with Gasteiger partial charge in [-0.3, -0.25) is 0 Å². The number of hydrogen-bond donors (Lipinski definition) is 0. The molecule has 4 heteroatoms. The van der Waals surface area contributed by atoms with Gasteiger partial charge in [-0.1, -0.05) is 12.1 Å². The summed E-state index contributed by atoms with van der Waals surface area (Å²) in [5.74, 6) is -1.19. The van der Waals surface area contributed by atoms with E-state index >= 15 is 0 Å². The number of nitrogens with zero attached hydrogens (tertiary/aromatic N) is 1. The number of epoxide rings is 1. The normalized spacial score (nSPS) is 23.2. The number of carbonyl (C=O) groups excluding carboxylic acids is 1. The highest BCUT2D eigenvalue weighted by atomic mass is 16.6. The summed E-state index contributed by atoms with van der Waals surface area (Å²) in [4.78, 5) is 10.5. The quantitative estimate of drug-likeness (QED) is 0.635. The molecule has 4 nitrogen and oxygen atoms in total. The van der Waals surface area contributed by atoms with E-state index in [1.807, 2.05) is 6.07 Å². The van der Waals surface area contributed by atoms with E-state index in [4.69, 9.17) is 10.00 Å². The van der Waals surface area contributed by atoms with Crippen LogP contribution in [0.4, 0.5) is 0 Å². The van der Waals surface area contributed by atoms with Gasteiger partial charge >= 0.3 is 0 Å². The van der Waals surface area contributed by atoms with Gasteiger partial charge in [-0.15, -0.1) is 0 Å². The highest BCUT2D eigenvalue weighted by Crippen LogP contribution is 2.38. The van der Waals surface area contributed by atoms with Crippen LogP contribution in [0, 0.1) is 18.3 Å². The molecule has 0 saturated carbocycles. The first-order valence-corrected chi connectivity index (χ1v) is 4.50. The van der Waals surface area contributed by atoms with E-state index in [1.165, 1.54) is 0 Å². The summed E-state index contributed by atoms with van der Waals surface area (Å²) in [6, 6.07) is 7.19. The van der Waals surface area contributed by atoms with Crippen molar-refractivity contribution in [3.8, 4) is 6.07 Å². The molecule has 1 fully saturated rings. The summed E-state index contributed by atoms with van der Waals surface area (Å²) in [7, 11) is 0. The summed E-state index contributed by atoms with van der Waals surface area (Å²) >= 11 is 0. The Morgan fingerprint density at radius 3 is 2.80 bits per heavy atom. The van der Waals surface area contributed by atoms with Crippen molar-refractivity contribution in [3.05, 3.63) is 34.9 Å². The van der Waals surface area contributed by atoms with E-state index < -0.39 is 18.2 Å². The molecule has 0 spiro atoms. The number of carbonyl (C=O) groups is 1. The zero-order chi connectivity index (χ0) is 11.0. The van der Waals surface area contributed by atoms with Gasteiger partial charge in [-0.25, -0.2) is 0 Å². The summed E-state index contributed by atoms with van der Waals surface area (Å²) in [6.07, 6.45) is -1.25. The molecule has 76 valence electrons. The van der Waals surface area contributed by atoms with Crippen molar-refractivity contribution in [2.45, 2.75) is 19.1 Å². The van der Waals surface area contributed by atoms with Crippen molar-refractivity contribution < 1.29 is 14.6 Å². The van der Waals surface area contributed by atoms with Gasteiger partial charge in [0.15, 0.2) is 0 Å². The Balaban J connectivity index is 2.23. The minimum absolute atomic E-state index is 0.415. The SMILES string of the molecule is Cc1cc(C2OC2C(=O)[O-])ccc1C#N. The number of hydrogen-bond acceptors (Lipinski definition) is 4. The second-order valence-corrected chi connectivity index (χ2v) is 3.48. The predicted molar refractivity (Wildman–Crippen MR) is 48.5 cm³/mol. The molecule has 0 amide bonds. The van der Waals surface area contributed by atoms with Gasteiger partial charge in [0.2, 0.25) is 0 Å². The molecular weight excluding hydrogens is 194 g/mol. The fourth-order valence-corrected chi connectivity index (χ4v) is 1.53. The number of aryl methyl sites for hydroxylation is 1. The molecule has 0 N–H and O–H groups in total. The third-order valence-electron chi connectivity index (χ3n) is 2.42. The molecule has 0 aromatic heterocycles. The standard InChI is InChI=1S/C11H9NO3/c1-6-4-7(2-3-8(6)5-12)9-10(15-9)11(13)14/h2-4,9-10H,1H3,(H,13,14)/p-1. The second kappa shape index (κ2) is 3.37. The molecule has 15 heavy (non-hydrogen) atoms. The average molecular weight is 202 g/mol. The molecule has 1 aliphatic heterocycles. The zero-order valence-corrected chi connectivity index (χ0v) is 8.06. The Morgan fingerprint density at radius 1 is 1.60 bits per heavy atom. The molecule has 2 atom stereocenters. The molecule has 1 aromatic rings. The number of ether oxygens (including phenoxy) is 1. The Labute approximate surface area is 86.7 Å². The second-order valence-electron chi connectivity index (χ2n) is 3.48. The van der Waals surface area contributed by atoms with Crippen LogP contribution in [0.3, 0.4) is 0 Å². The van der Waals surface area contributed by atoms with Crippen molar-refractivity contribution in [3.63, 3.8) is 0 Å². The average Bonchev–Trinajstić information content (AvgIpc) is 2.97. The van der Waals surface area contributed by atoms with Crippen LogP contribution in [0.2, 0.25) is 0 Å². The first kappa shape index (κ1) is 9.69. The van der Waals surface area contributed by atoms with Crippen LogP contribution in [0.15, 0.2) is 18.2 Å². The van der Waals surface area contributed by atoms with Gasteiger partial charge in [0.05, 0.1) is 17.6 Å². The van der Waals surface area contributed by atoms with Gasteiger partial charge in [-0.2, -0.15) is 5.26 Å². The lowest BCUT2D eigenvalue weighted by Crippen LogP contribution is -2.28. The van der Waals surface area contributed by atoms with Gasteiger partial charge in [0.1, 0.15) is 12.2 Å². The summed E-state index contributed by atoms with van der Waals surface area (Å²) in [5, 5.41) is 19.2. The first-order chi connectivity index (χ1) is 7.13. The van der Waals surface area contributed by atoms with Crippen LogP contribution in [0.1, 0.15) is 22.8 Å². The summed E-state index contributed by atoms with van der Waals surface area (Å²) in [6.45, 7) is 1.80. The maximum absolute atomic E-state index is 10.5. The molecule has 1 saturated heterocycles. The monoisotopic (exact) mass is 202 g/mol. The van der Waals surface area contributed by atoms with Gasteiger partial charge in [0.25, 0.3) is 0 Å². The molecule has 2 rings (SSSR count). The van der Waals surface area contributed by atoms with E-state index in [-0.39, 0.29) is 0 Å². The number of nitriles is 1. The van der Waals surface area contributed by atoms with Crippen molar-refractivity contribution in [1.82, 2.24) is 0 Å². The predicted octanol–water partition coefficient (Wildman–Crippen LogP) is 0.0565. The Hall–Kier alpha value is -1.86. The Morgan fingerprint density at radius 2 is 2.33 bits per heavy atom. The molecule has 0 bridgehead atoms. The summed E-state index contributed by atoms with van der Waals surface area (Å²) in [5.41, 5.74) is 2.19. The lowest BCUT2D eigenvalue weighted by atomic mass is 10.0. The van der Waals surface area contributed by atoms with E-state index in [0.717, 1.165) is 11.1 Å². The number of aliphatic carboxylic acids is 1. The van der Waals surface area contributed by atoms with Crippen molar-refractivity contribution >= 4 is 5.97 Å². The molecule has 1 heterocycles. The lowest BCUT2D eigenvalue weighted by molar-refractivity contribution is -0.307. The number of rotatable bonds is 2. The van der Waals surface area contributed by atoms with Crippen molar-refractivity contribution in [1.29, 1.82) is 5.26 Å². The van der Waals surface area contributed by atoms with Gasteiger partial charge in [0, 0.05) is 0 Å².